The van der Waals surface area contributed by atoms with Crippen molar-refractivity contribution in [3.63, 3.8) is 0 Å². The number of hydrogen-bond acceptors (Lipinski definition) is 5. The lowest BCUT2D eigenvalue weighted by molar-refractivity contribution is -0.137. The number of para-hydroxylation sites is 2. The smallest absolute Gasteiger partial charge is 0.278 e. The Kier molecular flexibility index (Phi) is 6.83. The second-order valence-corrected chi connectivity index (χ2v) is 8.60. The highest BCUT2D eigenvalue weighted by molar-refractivity contribution is 8.04. The molecule has 0 atom stereocenters. The predicted octanol–water partition coefficient (Wildman–Crippen LogP) is 5.38. The maximum Gasteiger partial charge on any atom is 0.278 e. The Morgan fingerprint density at radius 3 is 2.31 bits per heavy atom. The number of amides is 2. The number of nitrogens with zero attached hydrogens (tertiary/aromatic N) is 1. The van der Waals surface area contributed by atoms with Crippen molar-refractivity contribution in [3.8, 4) is 5.75 Å². The van der Waals surface area contributed by atoms with Crippen LogP contribution in [0.1, 0.15) is 5.56 Å². The third kappa shape index (κ3) is 4.82. The molecule has 2 amide bonds. The van der Waals surface area contributed by atoms with E-state index in [0.717, 1.165) is 10.5 Å². The fourth-order valence-corrected chi connectivity index (χ4v) is 4.42. The number of imide groups is 1. The zero-order valence-electron chi connectivity index (χ0n) is 17.4. The van der Waals surface area contributed by atoms with Crippen LogP contribution in [-0.4, -0.2) is 30.4 Å². The molecule has 1 aliphatic heterocycles. The minimum atomic E-state index is -0.353. The number of carbonyl (C=O) groups excluding carboxylic acids is 2. The number of anilines is 1. The number of halogens is 1. The molecule has 0 saturated carbocycles. The Morgan fingerprint density at radius 2 is 1.59 bits per heavy atom. The second kappa shape index (κ2) is 9.94. The number of methoxy groups -OCH3 is 1. The highest BCUT2D eigenvalue weighted by atomic mass is 35.5. The van der Waals surface area contributed by atoms with Gasteiger partial charge in [-0.1, -0.05) is 65.8 Å². The van der Waals surface area contributed by atoms with Crippen LogP contribution in [0.25, 0.3) is 0 Å². The van der Waals surface area contributed by atoms with Crippen molar-refractivity contribution in [3.05, 3.63) is 100 Å². The van der Waals surface area contributed by atoms with E-state index in [4.69, 9.17) is 16.3 Å². The molecule has 0 radical (unpaired) electrons. The van der Waals surface area contributed by atoms with E-state index >= 15 is 0 Å². The van der Waals surface area contributed by atoms with Gasteiger partial charge in [0.25, 0.3) is 11.8 Å². The molecule has 1 heterocycles. The maximum absolute atomic E-state index is 13.3. The third-order valence-electron chi connectivity index (χ3n) is 4.99. The van der Waals surface area contributed by atoms with Crippen LogP contribution in [-0.2, 0) is 16.0 Å². The summed E-state index contributed by atoms with van der Waals surface area (Å²) in [5, 5.41) is 3.75. The van der Waals surface area contributed by atoms with E-state index < -0.39 is 0 Å². The van der Waals surface area contributed by atoms with Crippen molar-refractivity contribution >= 4 is 40.9 Å². The minimum Gasteiger partial charge on any atom is -0.495 e. The molecular weight excluding hydrogens is 444 g/mol. The van der Waals surface area contributed by atoms with E-state index in [2.05, 4.69) is 5.32 Å². The molecule has 0 aromatic heterocycles. The van der Waals surface area contributed by atoms with Crippen LogP contribution in [0.3, 0.4) is 0 Å². The average Bonchev–Trinajstić information content (AvgIpc) is 3.03. The van der Waals surface area contributed by atoms with Gasteiger partial charge in [0.15, 0.2) is 0 Å². The summed E-state index contributed by atoms with van der Waals surface area (Å²) in [6, 6.07) is 24.2. The molecule has 0 aliphatic carbocycles. The summed E-state index contributed by atoms with van der Waals surface area (Å²) < 4.78 is 5.40. The first-order valence-corrected chi connectivity index (χ1v) is 11.2. The van der Waals surface area contributed by atoms with E-state index in [9.17, 15) is 9.59 Å². The summed E-state index contributed by atoms with van der Waals surface area (Å²) >= 11 is 7.24. The number of nitrogens with one attached hydrogen (secondary N) is 1. The van der Waals surface area contributed by atoms with Crippen LogP contribution in [0.2, 0.25) is 5.02 Å². The number of benzene rings is 3. The minimum absolute atomic E-state index is 0.243. The first kappa shape index (κ1) is 22.0. The molecule has 1 aliphatic rings. The standard InChI is InChI=1S/C25H21ClN2O3S/c1-31-21-10-6-5-9-20(21)27-22-23(32-19-13-11-18(26)12-14-19)25(30)28(24(22)29)16-15-17-7-3-2-4-8-17/h2-14,27H,15-16H2,1H3. The summed E-state index contributed by atoms with van der Waals surface area (Å²) in [5.41, 5.74) is 1.92. The lowest BCUT2D eigenvalue weighted by Crippen LogP contribution is -2.34. The van der Waals surface area contributed by atoms with Crippen molar-refractivity contribution in [1.29, 1.82) is 0 Å². The van der Waals surface area contributed by atoms with E-state index in [1.807, 2.05) is 54.6 Å². The van der Waals surface area contributed by atoms with Gasteiger partial charge in [0.05, 0.1) is 12.8 Å². The quantitative estimate of drug-likeness (QED) is 0.454. The van der Waals surface area contributed by atoms with Gasteiger partial charge in [0.1, 0.15) is 16.4 Å². The van der Waals surface area contributed by atoms with Crippen molar-refractivity contribution < 1.29 is 14.3 Å². The largest absolute Gasteiger partial charge is 0.495 e. The molecule has 1 N–H and O–H groups in total. The third-order valence-corrected chi connectivity index (χ3v) is 6.34. The monoisotopic (exact) mass is 464 g/mol. The summed E-state index contributed by atoms with van der Waals surface area (Å²) in [5.74, 6) is -0.0876. The van der Waals surface area contributed by atoms with Crippen LogP contribution in [0.5, 0.6) is 5.75 Å². The van der Waals surface area contributed by atoms with Gasteiger partial charge in [-0.05, 0) is 48.4 Å². The second-order valence-electron chi connectivity index (χ2n) is 7.08. The number of carbonyl (C=O) groups is 2. The fraction of sp³-hybridized carbons (Fsp3) is 0.120. The van der Waals surface area contributed by atoms with Crippen molar-refractivity contribution in [2.45, 2.75) is 11.3 Å². The highest BCUT2D eigenvalue weighted by Gasteiger charge is 2.39. The van der Waals surface area contributed by atoms with E-state index in [-0.39, 0.29) is 17.5 Å². The predicted molar refractivity (Wildman–Crippen MR) is 128 cm³/mol. The molecule has 0 spiro atoms. The van der Waals surface area contributed by atoms with Gasteiger partial charge < -0.3 is 10.1 Å². The average molecular weight is 465 g/mol. The Bertz CT molecular complexity index is 1160. The van der Waals surface area contributed by atoms with Gasteiger partial charge in [0.2, 0.25) is 0 Å². The molecule has 0 bridgehead atoms. The number of hydrogen-bond donors (Lipinski definition) is 1. The maximum atomic E-state index is 13.3. The van der Waals surface area contributed by atoms with Gasteiger partial charge in [-0.25, -0.2) is 0 Å². The van der Waals surface area contributed by atoms with Crippen LogP contribution >= 0.6 is 23.4 Å². The van der Waals surface area contributed by atoms with E-state index in [1.54, 1.807) is 31.4 Å². The van der Waals surface area contributed by atoms with E-state index in [0.29, 0.717) is 34.3 Å². The topological polar surface area (TPSA) is 58.6 Å². The zero-order chi connectivity index (χ0) is 22.5. The van der Waals surface area contributed by atoms with Gasteiger partial charge in [-0.15, -0.1) is 0 Å². The molecule has 0 unspecified atom stereocenters. The molecule has 5 nitrogen and oxygen atoms in total. The Hall–Kier alpha value is -3.22. The molecular formula is C25H21ClN2O3S. The lowest BCUT2D eigenvalue weighted by atomic mass is 10.1. The summed E-state index contributed by atoms with van der Waals surface area (Å²) in [6.45, 7) is 0.295. The molecule has 162 valence electrons. The number of rotatable bonds is 8. The molecule has 3 aromatic carbocycles. The Labute approximate surface area is 196 Å². The van der Waals surface area contributed by atoms with Crippen LogP contribution in [0.15, 0.2) is 94.4 Å². The Balaban J connectivity index is 1.64. The van der Waals surface area contributed by atoms with Crippen molar-refractivity contribution in [2.24, 2.45) is 0 Å². The van der Waals surface area contributed by atoms with Gasteiger partial charge in [-0.3, -0.25) is 14.5 Å². The summed E-state index contributed by atoms with van der Waals surface area (Å²) in [6.07, 6.45) is 0.582. The highest BCUT2D eigenvalue weighted by Crippen LogP contribution is 2.37. The Morgan fingerprint density at radius 1 is 0.906 bits per heavy atom. The molecule has 0 fully saturated rings. The number of ether oxygens (including phenoxy) is 1. The van der Waals surface area contributed by atoms with Gasteiger partial charge in [-0.2, -0.15) is 0 Å². The molecule has 3 aromatic rings. The lowest BCUT2D eigenvalue weighted by Gasteiger charge is -2.15. The normalized spacial score (nSPS) is 13.6. The first-order chi connectivity index (χ1) is 15.6. The molecule has 4 rings (SSSR count). The summed E-state index contributed by atoms with van der Waals surface area (Å²) in [4.78, 5) is 29.1. The fourth-order valence-electron chi connectivity index (χ4n) is 3.35. The summed E-state index contributed by atoms with van der Waals surface area (Å²) in [7, 11) is 1.56. The van der Waals surface area contributed by atoms with Gasteiger partial charge >= 0.3 is 0 Å². The molecule has 32 heavy (non-hydrogen) atoms. The molecule has 0 saturated heterocycles. The van der Waals surface area contributed by atoms with Gasteiger partial charge in [0, 0.05) is 16.5 Å². The van der Waals surface area contributed by atoms with Crippen LogP contribution in [0, 0.1) is 0 Å². The van der Waals surface area contributed by atoms with E-state index in [1.165, 1.54) is 16.7 Å². The molecule has 7 heteroatoms. The first-order valence-electron chi connectivity index (χ1n) is 10.0. The number of thioether (sulfide) groups is 1. The van der Waals surface area contributed by atoms with Crippen molar-refractivity contribution in [1.82, 2.24) is 4.90 Å². The van der Waals surface area contributed by atoms with Crippen molar-refractivity contribution in [2.75, 3.05) is 19.0 Å². The SMILES string of the molecule is COc1ccccc1NC1=C(Sc2ccc(Cl)cc2)C(=O)N(CCc2ccccc2)C1=O. The van der Waals surface area contributed by atoms with Crippen LogP contribution in [0.4, 0.5) is 5.69 Å². The van der Waals surface area contributed by atoms with Crippen LogP contribution < -0.4 is 10.1 Å². The zero-order valence-corrected chi connectivity index (χ0v) is 19.0.